The number of hydrazine groups is 1. The molecule has 0 amide bonds. The number of nitroso groups, excluding NO2 is 1. The van der Waals surface area contributed by atoms with Gasteiger partial charge in [-0.2, -0.15) is 5.01 Å². The van der Waals surface area contributed by atoms with E-state index in [1.807, 2.05) is 5.43 Å². The summed E-state index contributed by atoms with van der Waals surface area (Å²) in [5.74, 6) is -0.493. The first kappa shape index (κ1) is 15.0. The fourth-order valence-electron chi connectivity index (χ4n) is 1.44. The molecule has 0 unspecified atom stereocenters. The van der Waals surface area contributed by atoms with Gasteiger partial charge in [0.25, 0.3) is 11.9 Å². The molecule has 0 fully saturated rings. The van der Waals surface area contributed by atoms with Crippen molar-refractivity contribution in [2.24, 2.45) is 21.1 Å². The fourth-order valence-corrected chi connectivity index (χ4v) is 1.44. The highest BCUT2D eigenvalue weighted by Crippen LogP contribution is 2.00. The van der Waals surface area contributed by atoms with Crippen LogP contribution in [0.15, 0.2) is 15.4 Å². The normalized spacial score (nSPS) is 14.7. The summed E-state index contributed by atoms with van der Waals surface area (Å²) in [5, 5.41) is 21.5. The number of hydrogen-bond acceptors (Lipinski definition) is 6. The largest absolute Gasteiger partial charge is 0.391 e. The first-order valence-electron chi connectivity index (χ1n) is 5.27. The smallest absolute Gasteiger partial charge is 0.363 e. The third kappa shape index (κ3) is 4.31. The third-order valence-electron chi connectivity index (χ3n) is 2.26. The van der Waals surface area contributed by atoms with Gasteiger partial charge in [0.15, 0.2) is 0 Å². The van der Waals surface area contributed by atoms with E-state index in [0.717, 1.165) is 0 Å². The second-order valence-corrected chi connectivity index (χ2v) is 3.49. The number of nitrogens with two attached hydrogens (primary N) is 1. The molecule has 0 aromatic rings. The number of nitrogens with zero attached hydrogens (tertiary/aromatic N) is 7. The van der Waals surface area contributed by atoms with Crippen LogP contribution in [0.25, 0.3) is 0 Å². The highest BCUT2D eigenvalue weighted by Gasteiger charge is 2.24. The van der Waals surface area contributed by atoms with Gasteiger partial charge < -0.3 is 10.6 Å². The molecule has 5 N–H and O–H groups in total. The van der Waals surface area contributed by atoms with E-state index in [1.165, 1.54) is 4.90 Å². The van der Waals surface area contributed by atoms with Crippen LogP contribution in [-0.2, 0) is 0 Å². The SMILES string of the molecule is N/C(=N\[N+](=O)O)N(CCN1CCN=C1N[N+](=O)O)N=O. The maximum absolute atomic E-state index is 10.5. The van der Waals surface area contributed by atoms with Gasteiger partial charge in [0.1, 0.15) is 14.9 Å². The topological polar surface area (TPSA) is 179 Å². The molecule has 0 saturated heterocycles. The van der Waals surface area contributed by atoms with Crippen molar-refractivity contribution < 1.29 is 20.5 Å². The van der Waals surface area contributed by atoms with E-state index in [4.69, 9.17) is 16.1 Å². The molecule has 1 aliphatic heterocycles. The number of hydrogen-bond donors (Lipinski definition) is 4. The summed E-state index contributed by atoms with van der Waals surface area (Å²) in [4.78, 5) is 36.6. The summed E-state index contributed by atoms with van der Waals surface area (Å²) in [6, 6.07) is 0. The lowest BCUT2D eigenvalue weighted by Gasteiger charge is -2.19. The zero-order valence-corrected chi connectivity index (χ0v) is 10.2. The Balaban J connectivity index is 2.56. The maximum Gasteiger partial charge on any atom is 0.391 e. The molecule has 110 valence electrons. The van der Waals surface area contributed by atoms with Crippen molar-refractivity contribution in [1.29, 1.82) is 0 Å². The number of guanidine groups is 2. The number of rotatable bonds is 6. The van der Waals surface area contributed by atoms with E-state index >= 15 is 0 Å². The van der Waals surface area contributed by atoms with Crippen LogP contribution in [0.1, 0.15) is 0 Å². The second kappa shape index (κ2) is 6.76. The quantitative estimate of drug-likeness (QED) is 0.181. The van der Waals surface area contributed by atoms with Gasteiger partial charge in [0.05, 0.1) is 18.4 Å². The first-order valence-corrected chi connectivity index (χ1v) is 5.27. The summed E-state index contributed by atoms with van der Waals surface area (Å²) in [6.07, 6.45) is 0. The molecule has 1 rings (SSSR count). The Morgan fingerprint density at radius 1 is 1.55 bits per heavy atom. The Labute approximate surface area is 111 Å². The molecule has 20 heavy (non-hydrogen) atoms. The van der Waals surface area contributed by atoms with Crippen molar-refractivity contribution in [3.63, 3.8) is 0 Å². The van der Waals surface area contributed by atoms with Crippen molar-refractivity contribution in [3.05, 3.63) is 14.7 Å². The van der Waals surface area contributed by atoms with E-state index < -0.39 is 16.0 Å². The van der Waals surface area contributed by atoms with Crippen LogP contribution in [0.3, 0.4) is 0 Å². The molecule has 0 aliphatic carbocycles. The zero-order chi connectivity index (χ0) is 15.1. The second-order valence-electron chi connectivity index (χ2n) is 3.49. The lowest BCUT2D eigenvalue weighted by molar-refractivity contribution is -0.822. The average Bonchev–Trinajstić information content (AvgIpc) is 2.75. The van der Waals surface area contributed by atoms with Crippen molar-refractivity contribution in [2.75, 3.05) is 26.2 Å². The summed E-state index contributed by atoms with van der Waals surface area (Å²) < 4.78 is 0. The Morgan fingerprint density at radius 2 is 2.25 bits per heavy atom. The van der Waals surface area contributed by atoms with Gasteiger partial charge >= 0.3 is 10.1 Å². The van der Waals surface area contributed by atoms with E-state index in [9.17, 15) is 14.7 Å². The van der Waals surface area contributed by atoms with Gasteiger partial charge in [-0.3, -0.25) is 0 Å². The fraction of sp³-hybridized carbons (Fsp3) is 0.667. The molecular weight excluding hydrogens is 278 g/mol. The van der Waals surface area contributed by atoms with Gasteiger partial charge in [-0.15, -0.1) is 4.91 Å². The van der Waals surface area contributed by atoms with Crippen LogP contribution in [0.4, 0.5) is 0 Å². The Hall–Kier alpha value is -3.06. The highest BCUT2D eigenvalue weighted by atomic mass is 16.7. The number of aliphatic imine (C=N–C) groups is 1. The van der Waals surface area contributed by atoms with Crippen LogP contribution in [0, 0.1) is 14.7 Å². The molecule has 14 nitrogen and oxygen atoms in total. The first-order chi connectivity index (χ1) is 9.43. The predicted molar refractivity (Wildman–Crippen MR) is 62.0 cm³/mol. The molecule has 0 aromatic heterocycles. The minimum absolute atomic E-state index is 0.0857. The molecule has 14 heteroatoms. The molecule has 1 heterocycles. The van der Waals surface area contributed by atoms with Crippen molar-refractivity contribution in [2.45, 2.75) is 0 Å². The van der Waals surface area contributed by atoms with Crippen LogP contribution < -0.4 is 11.2 Å². The van der Waals surface area contributed by atoms with Crippen LogP contribution in [-0.4, -0.2) is 68.5 Å². The third-order valence-corrected chi connectivity index (χ3v) is 2.26. The molecule has 0 saturated carbocycles. The lowest BCUT2D eigenvalue weighted by Crippen LogP contribution is -2.46. The van der Waals surface area contributed by atoms with Gasteiger partial charge in [-0.05, 0) is 5.43 Å². The Kier molecular flexibility index (Phi) is 5.07. The van der Waals surface area contributed by atoms with Crippen LogP contribution >= 0.6 is 0 Å². The van der Waals surface area contributed by atoms with E-state index in [2.05, 4.69) is 15.4 Å². The van der Waals surface area contributed by atoms with Crippen LogP contribution in [0.5, 0.6) is 0 Å². The summed E-state index contributed by atoms with van der Waals surface area (Å²) in [5.41, 5.74) is 7.26. The Morgan fingerprint density at radius 3 is 2.80 bits per heavy atom. The van der Waals surface area contributed by atoms with Gasteiger partial charge in [-0.1, -0.05) is 0 Å². The van der Waals surface area contributed by atoms with Crippen molar-refractivity contribution >= 4 is 11.9 Å². The maximum atomic E-state index is 10.5. The van der Waals surface area contributed by atoms with E-state index in [-0.39, 0.29) is 19.0 Å². The minimum atomic E-state index is -0.807. The molecule has 0 atom stereocenters. The molecule has 0 aromatic carbocycles. The van der Waals surface area contributed by atoms with Crippen molar-refractivity contribution in [3.8, 4) is 0 Å². The molecule has 0 radical (unpaired) electrons. The summed E-state index contributed by atoms with van der Waals surface area (Å²) in [6.45, 7) is 0.885. The van der Waals surface area contributed by atoms with Crippen molar-refractivity contribution in [1.82, 2.24) is 15.3 Å². The van der Waals surface area contributed by atoms with Gasteiger partial charge in [0, 0.05) is 13.1 Å². The molecule has 0 spiro atoms. The summed E-state index contributed by atoms with van der Waals surface area (Å²) in [7, 11) is 0. The van der Waals surface area contributed by atoms with E-state index in [0.29, 0.717) is 18.1 Å². The zero-order valence-electron chi connectivity index (χ0n) is 10.2. The molecule has 1 aliphatic rings. The molecular formula is C6H13N9O5+2. The van der Waals surface area contributed by atoms with E-state index in [1.54, 1.807) is 0 Å². The predicted octanol–water partition coefficient (Wildman–Crippen LogP) is -2.29. The Bertz CT molecular complexity index is 462. The number of hydrazone groups is 1. The summed E-state index contributed by atoms with van der Waals surface area (Å²) >= 11 is 0. The standard InChI is InChI=1S/C6H13N9O5/c7-5(9-14(17)18)13(11-16)4-3-12-2-1-8-6(12)10-15(19)20/h1-4H2,(H2,7,9)(H,8,10)(H,17,18)(H,19,20)/q+2. The molecule has 0 bridgehead atoms. The number of nitrogens with one attached hydrogen (secondary N) is 1. The average molecular weight is 291 g/mol. The van der Waals surface area contributed by atoms with Gasteiger partial charge in [-0.25, -0.2) is 15.4 Å². The van der Waals surface area contributed by atoms with Gasteiger partial charge in [0.2, 0.25) is 0 Å². The lowest BCUT2D eigenvalue weighted by atomic mass is 10.5. The highest BCUT2D eigenvalue weighted by molar-refractivity contribution is 5.80. The van der Waals surface area contributed by atoms with Crippen LogP contribution in [0.2, 0.25) is 0 Å². The monoisotopic (exact) mass is 291 g/mol. The minimum Gasteiger partial charge on any atom is -0.363 e.